The normalized spacial score (nSPS) is 12.9. The first-order chi connectivity index (χ1) is 12.7. The van der Waals surface area contributed by atoms with Crippen LogP contribution in [0.4, 0.5) is 4.39 Å². The zero-order valence-electron chi connectivity index (χ0n) is 15.8. The second-order valence-corrected chi connectivity index (χ2v) is 8.14. The summed E-state index contributed by atoms with van der Waals surface area (Å²) in [6, 6.07) is 3.32. The van der Waals surface area contributed by atoms with Gasteiger partial charge in [0.1, 0.15) is 6.61 Å². The molecule has 3 rings (SSSR count). The van der Waals surface area contributed by atoms with Gasteiger partial charge in [0, 0.05) is 30.1 Å². The van der Waals surface area contributed by atoms with E-state index in [1.165, 1.54) is 4.57 Å². The molecular weight excluding hydrogens is 413 g/mol. The number of halogens is 2. The molecule has 5 nitrogen and oxygen atoms in total. The molecule has 2 N–H and O–H groups in total. The molecule has 0 aliphatic rings. The second-order valence-electron chi connectivity index (χ2n) is 7.28. The van der Waals surface area contributed by atoms with Crippen LogP contribution in [0.1, 0.15) is 26.0 Å². The Balaban J connectivity index is 2.18. The van der Waals surface area contributed by atoms with E-state index in [2.05, 4.69) is 34.8 Å². The second kappa shape index (κ2) is 7.56. The van der Waals surface area contributed by atoms with Crippen molar-refractivity contribution >= 4 is 37.6 Å². The maximum atomic E-state index is 15.3. The van der Waals surface area contributed by atoms with E-state index in [1.807, 2.05) is 0 Å². The molecule has 1 aromatic carbocycles. The van der Waals surface area contributed by atoms with Crippen molar-refractivity contribution in [3.63, 3.8) is 0 Å². The van der Waals surface area contributed by atoms with E-state index in [0.29, 0.717) is 32.2 Å². The lowest BCUT2D eigenvalue weighted by Gasteiger charge is -2.18. The summed E-state index contributed by atoms with van der Waals surface area (Å²) >= 11 is 3.41. The van der Waals surface area contributed by atoms with Crippen molar-refractivity contribution in [3.8, 4) is 5.75 Å². The molecule has 1 atom stereocenters. The van der Waals surface area contributed by atoms with Crippen LogP contribution in [0.2, 0.25) is 0 Å². The van der Waals surface area contributed by atoms with Crippen LogP contribution in [-0.2, 0) is 7.05 Å². The van der Waals surface area contributed by atoms with Gasteiger partial charge in [-0.3, -0.25) is 9.78 Å². The number of aromatic nitrogens is 2. The summed E-state index contributed by atoms with van der Waals surface area (Å²) in [5.41, 5.74) is 6.59. The van der Waals surface area contributed by atoms with E-state index in [1.54, 1.807) is 32.3 Å². The van der Waals surface area contributed by atoms with Crippen molar-refractivity contribution in [3.05, 3.63) is 44.7 Å². The Morgan fingerprint density at radius 1 is 1.37 bits per heavy atom. The number of hydrogen-bond acceptors (Lipinski definition) is 4. The van der Waals surface area contributed by atoms with Gasteiger partial charge in [0.25, 0.3) is 5.56 Å². The zero-order valence-corrected chi connectivity index (χ0v) is 17.4. The van der Waals surface area contributed by atoms with Gasteiger partial charge in [0.15, 0.2) is 11.6 Å². The number of nitrogens with zero attached hydrogens (tertiary/aromatic N) is 2. The molecule has 7 heteroatoms. The fourth-order valence-corrected chi connectivity index (χ4v) is 3.97. The van der Waals surface area contributed by atoms with Crippen molar-refractivity contribution < 1.29 is 9.13 Å². The fraction of sp³-hybridized carbons (Fsp3) is 0.400. The molecule has 0 bridgehead atoms. The lowest BCUT2D eigenvalue weighted by Crippen LogP contribution is -2.29. The van der Waals surface area contributed by atoms with Gasteiger partial charge >= 0.3 is 0 Å². The van der Waals surface area contributed by atoms with E-state index < -0.39 is 5.82 Å². The highest BCUT2D eigenvalue weighted by Crippen LogP contribution is 2.36. The van der Waals surface area contributed by atoms with Gasteiger partial charge in [0.05, 0.1) is 21.1 Å². The third-order valence-electron chi connectivity index (χ3n) is 4.65. The molecule has 2 heterocycles. The number of aryl methyl sites for hydroxylation is 2. The van der Waals surface area contributed by atoms with Crippen molar-refractivity contribution in [1.29, 1.82) is 0 Å². The van der Waals surface area contributed by atoms with Gasteiger partial charge in [-0.2, -0.15) is 0 Å². The molecule has 27 heavy (non-hydrogen) atoms. The predicted octanol–water partition coefficient (Wildman–Crippen LogP) is 4.05. The fourth-order valence-electron chi connectivity index (χ4n) is 3.45. The Labute approximate surface area is 165 Å². The molecule has 0 aliphatic heterocycles. The van der Waals surface area contributed by atoms with E-state index in [9.17, 15) is 4.79 Å². The van der Waals surface area contributed by atoms with E-state index in [0.717, 1.165) is 6.42 Å². The van der Waals surface area contributed by atoms with Crippen LogP contribution in [0.25, 0.3) is 21.7 Å². The molecule has 0 amide bonds. The number of hydrogen-bond donors (Lipinski definition) is 1. The first-order valence-electron chi connectivity index (χ1n) is 8.86. The van der Waals surface area contributed by atoms with Crippen molar-refractivity contribution in [2.75, 3.05) is 6.61 Å². The van der Waals surface area contributed by atoms with Gasteiger partial charge in [-0.05, 0) is 47.3 Å². The highest BCUT2D eigenvalue weighted by atomic mass is 79.9. The number of ether oxygens (including phenoxy) is 1. The number of pyridine rings is 2. The standard InChI is InChI=1S/C20H23BrFN3O2/c1-10(2)7-12(23)9-27-19-15(21)8-14-13-5-6-24-11(3)16(13)20(26)25(4)18(14)17(19)22/h5-6,8,10,12H,7,9,23H2,1-4H3/t12-/m0/s1. The minimum absolute atomic E-state index is 0.0711. The largest absolute Gasteiger partial charge is 0.488 e. The molecule has 0 spiro atoms. The van der Waals surface area contributed by atoms with Crippen molar-refractivity contribution in [2.45, 2.75) is 33.2 Å². The molecular formula is C20H23BrFN3O2. The number of fused-ring (bicyclic) bond motifs is 3. The Hall–Kier alpha value is -1.99. The third kappa shape index (κ3) is 3.58. The van der Waals surface area contributed by atoms with Crippen LogP contribution in [0, 0.1) is 18.7 Å². The Morgan fingerprint density at radius 3 is 2.74 bits per heavy atom. The smallest absolute Gasteiger partial charge is 0.260 e. The molecule has 144 valence electrons. The van der Waals surface area contributed by atoms with E-state index in [4.69, 9.17) is 10.5 Å². The highest BCUT2D eigenvalue weighted by Gasteiger charge is 2.21. The summed E-state index contributed by atoms with van der Waals surface area (Å²) in [5.74, 6) is -0.0774. The van der Waals surface area contributed by atoms with Gasteiger partial charge in [0.2, 0.25) is 0 Å². The summed E-state index contributed by atoms with van der Waals surface area (Å²) in [4.78, 5) is 17.0. The highest BCUT2D eigenvalue weighted by molar-refractivity contribution is 9.10. The van der Waals surface area contributed by atoms with Crippen LogP contribution in [0.5, 0.6) is 5.75 Å². The maximum absolute atomic E-state index is 15.3. The monoisotopic (exact) mass is 435 g/mol. The van der Waals surface area contributed by atoms with Gasteiger partial charge in [-0.1, -0.05) is 13.8 Å². The van der Waals surface area contributed by atoms with Crippen molar-refractivity contribution in [2.24, 2.45) is 18.7 Å². The third-order valence-corrected chi connectivity index (χ3v) is 5.24. The average molecular weight is 436 g/mol. The minimum atomic E-state index is -0.577. The lowest BCUT2D eigenvalue weighted by atomic mass is 10.0. The molecule has 3 aromatic rings. The topological polar surface area (TPSA) is 70.1 Å². The predicted molar refractivity (Wildman–Crippen MR) is 110 cm³/mol. The molecule has 2 aromatic heterocycles. The molecule has 0 aliphatic carbocycles. The number of rotatable bonds is 5. The summed E-state index contributed by atoms with van der Waals surface area (Å²) in [6.07, 6.45) is 2.40. The lowest BCUT2D eigenvalue weighted by molar-refractivity contribution is 0.259. The first kappa shape index (κ1) is 19.8. The Kier molecular flexibility index (Phi) is 5.53. The van der Waals surface area contributed by atoms with E-state index in [-0.39, 0.29) is 29.5 Å². The maximum Gasteiger partial charge on any atom is 0.260 e. The van der Waals surface area contributed by atoms with Gasteiger partial charge in [-0.25, -0.2) is 4.39 Å². The first-order valence-corrected chi connectivity index (χ1v) is 9.66. The Morgan fingerprint density at radius 2 is 2.07 bits per heavy atom. The quantitative estimate of drug-likeness (QED) is 0.613. The van der Waals surface area contributed by atoms with E-state index >= 15 is 4.39 Å². The molecule has 0 radical (unpaired) electrons. The van der Waals surface area contributed by atoms with Crippen molar-refractivity contribution in [1.82, 2.24) is 9.55 Å². The molecule has 0 saturated carbocycles. The number of nitrogens with two attached hydrogens (primary N) is 1. The van der Waals surface area contributed by atoms with Gasteiger partial charge in [-0.15, -0.1) is 0 Å². The van der Waals surface area contributed by atoms with Crippen LogP contribution in [-0.4, -0.2) is 22.2 Å². The van der Waals surface area contributed by atoms with Crippen LogP contribution < -0.4 is 16.0 Å². The van der Waals surface area contributed by atoms with Gasteiger partial charge < -0.3 is 15.0 Å². The van der Waals surface area contributed by atoms with Crippen LogP contribution in [0.15, 0.2) is 27.6 Å². The SMILES string of the molecule is Cc1nccc2c1c(=O)n(C)c1c(F)c(OC[C@@H](N)CC(C)C)c(Br)cc21. The summed E-state index contributed by atoms with van der Waals surface area (Å²) in [7, 11) is 1.56. The minimum Gasteiger partial charge on any atom is -0.488 e. The summed E-state index contributed by atoms with van der Waals surface area (Å²) < 4.78 is 22.8. The molecule has 0 saturated heterocycles. The average Bonchev–Trinajstić information content (AvgIpc) is 2.58. The summed E-state index contributed by atoms with van der Waals surface area (Å²) in [6.45, 7) is 6.12. The molecule has 0 unspecified atom stereocenters. The number of benzene rings is 1. The van der Waals surface area contributed by atoms with Crippen LogP contribution >= 0.6 is 15.9 Å². The zero-order chi connectivity index (χ0) is 19.9. The summed E-state index contributed by atoms with van der Waals surface area (Å²) in [5, 5.41) is 1.79. The molecule has 0 fully saturated rings. The Bertz CT molecular complexity index is 1080. The van der Waals surface area contributed by atoms with Crippen LogP contribution in [0.3, 0.4) is 0 Å².